The molecule has 1 rings (SSSR count). The van der Waals surface area contributed by atoms with Crippen LogP contribution in [0, 0.1) is 5.92 Å². The Kier molecular flexibility index (Phi) is 4.34. The fourth-order valence-corrected chi connectivity index (χ4v) is 2.01. The van der Waals surface area contributed by atoms with Crippen molar-refractivity contribution in [3.8, 4) is 0 Å². The molecule has 1 heterocycles. The molecule has 1 N–H and O–H groups in total. The first-order chi connectivity index (χ1) is 7.86. The Morgan fingerprint density at radius 2 is 2.24 bits per heavy atom. The van der Waals surface area contributed by atoms with E-state index in [1.54, 1.807) is 13.2 Å². The number of furan rings is 1. The molecule has 96 valence electrons. The summed E-state index contributed by atoms with van der Waals surface area (Å²) >= 11 is 0. The van der Waals surface area contributed by atoms with Crippen LogP contribution in [0.4, 0.5) is 0 Å². The first kappa shape index (κ1) is 13.8. The van der Waals surface area contributed by atoms with Gasteiger partial charge in [0.15, 0.2) is 0 Å². The van der Waals surface area contributed by atoms with Gasteiger partial charge in [0.2, 0.25) is 0 Å². The second kappa shape index (κ2) is 5.36. The zero-order valence-corrected chi connectivity index (χ0v) is 10.9. The van der Waals surface area contributed by atoms with Crippen molar-refractivity contribution in [1.29, 1.82) is 0 Å². The van der Waals surface area contributed by atoms with E-state index >= 15 is 0 Å². The van der Waals surface area contributed by atoms with Crippen LogP contribution in [0.1, 0.15) is 33.0 Å². The van der Waals surface area contributed by atoms with Gasteiger partial charge in [-0.15, -0.1) is 0 Å². The molecule has 0 aromatic carbocycles. The maximum atomic E-state index is 11.5. The van der Waals surface area contributed by atoms with E-state index in [2.05, 4.69) is 0 Å². The Hall–Kier alpha value is -1.29. The van der Waals surface area contributed by atoms with Crippen LogP contribution < -0.4 is 0 Å². The van der Waals surface area contributed by atoms with Crippen molar-refractivity contribution in [3.05, 3.63) is 24.2 Å². The lowest BCUT2D eigenvalue weighted by Crippen LogP contribution is -2.50. The van der Waals surface area contributed by atoms with Crippen molar-refractivity contribution < 1.29 is 14.3 Å². The largest absolute Gasteiger partial charge is 0.480 e. The number of aliphatic carboxylic acids is 1. The second-order valence-corrected chi connectivity index (χ2v) is 5.11. The summed E-state index contributed by atoms with van der Waals surface area (Å²) in [5.41, 5.74) is -0.860. The molecule has 1 atom stereocenters. The average Bonchev–Trinajstić information content (AvgIpc) is 2.68. The maximum absolute atomic E-state index is 11.5. The molecule has 0 aliphatic heterocycles. The standard InChI is InChI=1S/C13H21NO3/c1-10(2)8-13(3,12(15)16)14(4)9-11-6-5-7-17-11/h5-7,10H,8-9H2,1-4H3,(H,15,16). The summed E-state index contributed by atoms with van der Waals surface area (Å²) in [5.74, 6) is 0.319. The maximum Gasteiger partial charge on any atom is 0.323 e. The summed E-state index contributed by atoms with van der Waals surface area (Å²) in [6.45, 7) is 6.32. The summed E-state index contributed by atoms with van der Waals surface area (Å²) in [7, 11) is 1.82. The summed E-state index contributed by atoms with van der Waals surface area (Å²) in [4.78, 5) is 13.3. The van der Waals surface area contributed by atoms with Crippen LogP contribution in [0.5, 0.6) is 0 Å². The van der Waals surface area contributed by atoms with Crippen LogP contribution >= 0.6 is 0 Å². The molecule has 0 aliphatic rings. The molecule has 0 spiro atoms. The third kappa shape index (κ3) is 3.33. The molecule has 0 saturated carbocycles. The van der Waals surface area contributed by atoms with Gasteiger partial charge in [-0.2, -0.15) is 0 Å². The monoisotopic (exact) mass is 239 g/mol. The smallest absolute Gasteiger partial charge is 0.323 e. The highest BCUT2D eigenvalue weighted by Crippen LogP contribution is 2.25. The number of likely N-dealkylation sites (N-methyl/N-ethyl adjacent to an activating group) is 1. The van der Waals surface area contributed by atoms with E-state index in [1.807, 2.05) is 37.9 Å². The third-order valence-corrected chi connectivity index (χ3v) is 3.08. The van der Waals surface area contributed by atoms with Gasteiger partial charge >= 0.3 is 5.97 Å². The van der Waals surface area contributed by atoms with Crippen LogP contribution in [0.2, 0.25) is 0 Å². The molecule has 1 aromatic heterocycles. The van der Waals surface area contributed by atoms with E-state index in [0.717, 1.165) is 5.76 Å². The van der Waals surface area contributed by atoms with Gasteiger partial charge < -0.3 is 9.52 Å². The van der Waals surface area contributed by atoms with Gasteiger partial charge in [0, 0.05) is 0 Å². The molecule has 0 aliphatic carbocycles. The molecular weight excluding hydrogens is 218 g/mol. The Balaban J connectivity index is 2.79. The Morgan fingerprint density at radius 1 is 1.59 bits per heavy atom. The number of nitrogens with zero attached hydrogens (tertiary/aromatic N) is 1. The SMILES string of the molecule is CC(C)CC(C)(C(=O)O)N(C)Cc1ccco1. The minimum atomic E-state index is -0.860. The van der Waals surface area contributed by atoms with Crippen molar-refractivity contribution in [1.82, 2.24) is 4.90 Å². The van der Waals surface area contributed by atoms with E-state index < -0.39 is 11.5 Å². The van der Waals surface area contributed by atoms with Crippen LogP contribution in [-0.2, 0) is 11.3 Å². The highest BCUT2D eigenvalue weighted by molar-refractivity contribution is 5.78. The van der Waals surface area contributed by atoms with Gasteiger partial charge in [-0.1, -0.05) is 13.8 Å². The van der Waals surface area contributed by atoms with Gasteiger partial charge in [-0.05, 0) is 38.4 Å². The third-order valence-electron chi connectivity index (χ3n) is 3.08. The number of hydrogen-bond acceptors (Lipinski definition) is 3. The van der Waals surface area contributed by atoms with Crippen molar-refractivity contribution in [2.75, 3.05) is 7.05 Å². The first-order valence-corrected chi connectivity index (χ1v) is 5.83. The van der Waals surface area contributed by atoms with Gasteiger partial charge in [0.25, 0.3) is 0 Å². The van der Waals surface area contributed by atoms with E-state index in [9.17, 15) is 9.90 Å². The Morgan fingerprint density at radius 3 is 2.65 bits per heavy atom. The van der Waals surface area contributed by atoms with Gasteiger partial charge in [0.1, 0.15) is 11.3 Å². The second-order valence-electron chi connectivity index (χ2n) is 5.11. The van der Waals surface area contributed by atoms with Crippen molar-refractivity contribution >= 4 is 5.97 Å². The van der Waals surface area contributed by atoms with Crippen LogP contribution in [0.15, 0.2) is 22.8 Å². The van der Waals surface area contributed by atoms with E-state index in [-0.39, 0.29) is 0 Å². The predicted octanol–water partition coefficient (Wildman–Crippen LogP) is 2.60. The zero-order valence-electron chi connectivity index (χ0n) is 10.9. The fraction of sp³-hybridized carbons (Fsp3) is 0.615. The molecule has 0 bridgehead atoms. The molecule has 0 amide bonds. The lowest BCUT2D eigenvalue weighted by atomic mass is 9.89. The summed E-state index contributed by atoms with van der Waals surface area (Å²) in [6.07, 6.45) is 2.21. The fourth-order valence-electron chi connectivity index (χ4n) is 2.01. The number of carboxylic acids is 1. The number of carbonyl (C=O) groups is 1. The molecule has 0 fully saturated rings. The van der Waals surface area contributed by atoms with Crippen molar-refractivity contribution in [3.63, 3.8) is 0 Å². The Labute approximate surface area is 102 Å². The van der Waals surface area contributed by atoms with Gasteiger partial charge in [0.05, 0.1) is 12.8 Å². The number of carboxylic acid groups (broad SMARTS) is 1. The topological polar surface area (TPSA) is 53.7 Å². The van der Waals surface area contributed by atoms with Crippen molar-refractivity contribution in [2.24, 2.45) is 5.92 Å². The highest BCUT2D eigenvalue weighted by Gasteiger charge is 2.38. The van der Waals surface area contributed by atoms with E-state index in [1.165, 1.54) is 0 Å². The number of rotatable bonds is 6. The van der Waals surface area contributed by atoms with E-state index in [0.29, 0.717) is 18.9 Å². The van der Waals surface area contributed by atoms with E-state index in [4.69, 9.17) is 4.42 Å². The quantitative estimate of drug-likeness (QED) is 0.829. The van der Waals surface area contributed by atoms with Crippen LogP contribution in [-0.4, -0.2) is 28.6 Å². The molecule has 4 nitrogen and oxygen atoms in total. The van der Waals surface area contributed by atoms with Crippen molar-refractivity contribution in [2.45, 2.75) is 39.3 Å². The van der Waals surface area contributed by atoms with Gasteiger partial charge in [-0.3, -0.25) is 9.69 Å². The van der Waals surface area contributed by atoms with Gasteiger partial charge in [-0.25, -0.2) is 0 Å². The zero-order chi connectivity index (χ0) is 13.1. The predicted molar refractivity (Wildman–Crippen MR) is 65.7 cm³/mol. The molecule has 0 radical (unpaired) electrons. The normalized spacial score (nSPS) is 15.2. The molecule has 17 heavy (non-hydrogen) atoms. The highest BCUT2D eigenvalue weighted by atomic mass is 16.4. The minimum absolute atomic E-state index is 0.329. The van der Waals surface area contributed by atoms with Crippen LogP contribution in [0.25, 0.3) is 0 Å². The Bertz CT molecular complexity index is 359. The summed E-state index contributed by atoms with van der Waals surface area (Å²) in [6, 6.07) is 3.66. The molecule has 1 unspecified atom stereocenters. The summed E-state index contributed by atoms with van der Waals surface area (Å²) in [5, 5.41) is 9.41. The van der Waals surface area contributed by atoms with Crippen LogP contribution in [0.3, 0.4) is 0 Å². The lowest BCUT2D eigenvalue weighted by Gasteiger charge is -2.35. The number of hydrogen-bond donors (Lipinski definition) is 1. The lowest BCUT2D eigenvalue weighted by molar-refractivity contribution is -0.151. The molecule has 1 aromatic rings. The summed E-state index contributed by atoms with van der Waals surface area (Å²) < 4.78 is 5.25. The molecule has 4 heteroatoms. The minimum Gasteiger partial charge on any atom is -0.480 e. The average molecular weight is 239 g/mol. The molecule has 0 saturated heterocycles. The molecular formula is C13H21NO3. The first-order valence-electron chi connectivity index (χ1n) is 5.83.